The molecule has 18 heavy (non-hydrogen) atoms. The van der Waals surface area contributed by atoms with Gasteiger partial charge in [-0.2, -0.15) is 10.1 Å². The quantitative estimate of drug-likeness (QED) is 0.630. The summed E-state index contributed by atoms with van der Waals surface area (Å²) in [7, 11) is 0. The Balaban J connectivity index is 2.04. The average Bonchev–Trinajstić information content (AvgIpc) is 2.94. The van der Waals surface area contributed by atoms with Crippen molar-refractivity contribution in [1.29, 1.82) is 0 Å². The van der Waals surface area contributed by atoms with Crippen molar-refractivity contribution in [2.75, 3.05) is 5.32 Å². The van der Waals surface area contributed by atoms with Crippen LogP contribution in [0.15, 0.2) is 24.5 Å². The predicted molar refractivity (Wildman–Crippen MR) is 65.8 cm³/mol. The second-order valence-electron chi connectivity index (χ2n) is 3.83. The number of rotatable bonds is 2. The van der Waals surface area contributed by atoms with Gasteiger partial charge in [0.1, 0.15) is 0 Å². The molecule has 0 aliphatic heterocycles. The number of anilines is 1. The van der Waals surface area contributed by atoms with Gasteiger partial charge >= 0.3 is 0 Å². The van der Waals surface area contributed by atoms with Gasteiger partial charge < -0.3 is 4.98 Å². The zero-order valence-electron chi connectivity index (χ0n) is 9.56. The number of aromatic nitrogens is 5. The van der Waals surface area contributed by atoms with Crippen molar-refractivity contribution in [1.82, 2.24) is 25.1 Å². The van der Waals surface area contributed by atoms with Crippen LogP contribution in [0.2, 0.25) is 0 Å². The molecule has 0 saturated heterocycles. The molecule has 0 unspecified atom stereocenters. The second-order valence-corrected chi connectivity index (χ2v) is 3.83. The van der Waals surface area contributed by atoms with Crippen molar-refractivity contribution in [3.8, 4) is 11.3 Å². The highest BCUT2D eigenvalue weighted by molar-refractivity contribution is 5.89. The lowest BCUT2D eigenvalue weighted by atomic mass is 10.2. The standard InChI is InChI=1S/C11H10N6O/c1-6(18)14-11-15-9-4-7(5-12-10(9)16-11)8-2-3-13-17-8/h2-5H,1H3,(H,13,17)(H2,12,14,15,16,18). The number of H-pyrrole nitrogens is 2. The lowest BCUT2D eigenvalue weighted by molar-refractivity contribution is -0.114. The van der Waals surface area contributed by atoms with Gasteiger partial charge in [0.2, 0.25) is 11.9 Å². The van der Waals surface area contributed by atoms with Crippen LogP contribution in [-0.4, -0.2) is 31.1 Å². The van der Waals surface area contributed by atoms with E-state index in [9.17, 15) is 4.79 Å². The number of aromatic amines is 2. The minimum absolute atomic E-state index is 0.178. The maximum atomic E-state index is 10.9. The largest absolute Gasteiger partial charge is 0.322 e. The lowest BCUT2D eigenvalue weighted by Crippen LogP contribution is -2.06. The predicted octanol–water partition coefficient (Wildman–Crippen LogP) is 1.31. The van der Waals surface area contributed by atoms with E-state index < -0.39 is 0 Å². The summed E-state index contributed by atoms with van der Waals surface area (Å²) in [6.07, 6.45) is 3.38. The molecule has 3 aromatic rings. The number of carbonyl (C=O) groups is 1. The molecule has 0 aromatic carbocycles. The Morgan fingerprint density at radius 2 is 2.33 bits per heavy atom. The highest BCUT2D eigenvalue weighted by Gasteiger charge is 2.07. The van der Waals surface area contributed by atoms with Crippen molar-refractivity contribution >= 4 is 23.0 Å². The van der Waals surface area contributed by atoms with Gasteiger partial charge in [-0.25, -0.2) is 4.98 Å². The van der Waals surface area contributed by atoms with Crippen molar-refractivity contribution in [2.45, 2.75) is 6.92 Å². The number of hydrogen-bond acceptors (Lipinski definition) is 4. The summed E-state index contributed by atoms with van der Waals surface area (Å²) < 4.78 is 0. The maximum Gasteiger partial charge on any atom is 0.223 e. The number of imidazole rings is 1. The van der Waals surface area contributed by atoms with Gasteiger partial charge in [-0.1, -0.05) is 0 Å². The molecule has 0 bridgehead atoms. The molecule has 3 N–H and O–H groups in total. The normalized spacial score (nSPS) is 10.7. The Morgan fingerprint density at radius 1 is 1.44 bits per heavy atom. The third-order valence-electron chi connectivity index (χ3n) is 2.44. The number of amides is 1. The molecule has 0 aliphatic rings. The van der Waals surface area contributed by atoms with E-state index in [1.807, 2.05) is 12.1 Å². The van der Waals surface area contributed by atoms with E-state index in [4.69, 9.17) is 0 Å². The average molecular weight is 242 g/mol. The van der Waals surface area contributed by atoms with E-state index in [2.05, 4.69) is 30.5 Å². The Morgan fingerprint density at radius 3 is 3.06 bits per heavy atom. The van der Waals surface area contributed by atoms with Crippen LogP contribution in [0.4, 0.5) is 5.95 Å². The highest BCUT2D eigenvalue weighted by atomic mass is 16.1. The molecule has 0 aliphatic carbocycles. The zero-order chi connectivity index (χ0) is 12.5. The third-order valence-corrected chi connectivity index (χ3v) is 2.44. The van der Waals surface area contributed by atoms with Crippen molar-refractivity contribution in [3.05, 3.63) is 24.5 Å². The lowest BCUT2D eigenvalue weighted by Gasteiger charge is -1.95. The molecule has 3 rings (SSSR count). The van der Waals surface area contributed by atoms with E-state index in [-0.39, 0.29) is 5.91 Å². The maximum absolute atomic E-state index is 10.9. The Kier molecular flexibility index (Phi) is 2.30. The fourth-order valence-corrected chi connectivity index (χ4v) is 1.69. The Labute approximate surface area is 102 Å². The van der Waals surface area contributed by atoms with E-state index in [0.717, 1.165) is 16.8 Å². The highest BCUT2D eigenvalue weighted by Crippen LogP contribution is 2.20. The molecule has 3 aromatic heterocycles. The fraction of sp³-hybridized carbons (Fsp3) is 0.0909. The summed E-state index contributed by atoms with van der Waals surface area (Å²) in [4.78, 5) is 22.3. The zero-order valence-corrected chi connectivity index (χ0v) is 9.56. The van der Waals surface area contributed by atoms with Gasteiger partial charge in [0.25, 0.3) is 0 Å². The first kappa shape index (κ1) is 10.5. The molecule has 3 heterocycles. The number of nitrogens with one attached hydrogen (secondary N) is 3. The summed E-state index contributed by atoms with van der Waals surface area (Å²) in [6, 6.07) is 3.75. The van der Waals surface area contributed by atoms with Gasteiger partial charge in [-0.3, -0.25) is 15.2 Å². The van der Waals surface area contributed by atoms with Crippen molar-refractivity contribution < 1.29 is 4.79 Å². The van der Waals surface area contributed by atoms with Crippen LogP contribution < -0.4 is 5.32 Å². The van der Waals surface area contributed by atoms with Crippen molar-refractivity contribution in [3.63, 3.8) is 0 Å². The monoisotopic (exact) mass is 242 g/mol. The molecule has 0 saturated carbocycles. The van der Waals surface area contributed by atoms with Crippen molar-refractivity contribution in [2.24, 2.45) is 0 Å². The van der Waals surface area contributed by atoms with Gasteiger partial charge in [-0.05, 0) is 12.1 Å². The third kappa shape index (κ3) is 1.81. The van der Waals surface area contributed by atoms with Gasteiger partial charge in [0.05, 0.1) is 11.2 Å². The van der Waals surface area contributed by atoms with Gasteiger partial charge in [-0.15, -0.1) is 0 Å². The van der Waals surface area contributed by atoms with Crippen LogP contribution >= 0.6 is 0 Å². The van der Waals surface area contributed by atoms with Crippen LogP contribution in [0.5, 0.6) is 0 Å². The van der Waals surface area contributed by atoms with Gasteiger partial charge in [0.15, 0.2) is 5.65 Å². The summed E-state index contributed by atoms with van der Waals surface area (Å²) >= 11 is 0. The van der Waals surface area contributed by atoms with E-state index >= 15 is 0 Å². The van der Waals surface area contributed by atoms with Crippen LogP contribution in [-0.2, 0) is 4.79 Å². The van der Waals surface area contributed by atoms with Crippen LogP contribution in [0.25, 0.3) is 22.4 Å². The van der Waals surface area contributed by atoms with Crippen LogP contribution in [0, 0.1) is 0 Å². The first-order valence-corrected chi connectivity index (χ1v) is 5.35. The Hall–Kier alpha value is -2.70. The number of hydrogen-bond donors (Lipinski definition) is 3. The fourth-order valence-electron chi connectivity index (χ4n) is 1.69. The molecule has 0 spiro atoms. The molecule has 0 radical (unpaired) electrons. The SMILES string of the molecule is CC(=O)Nc1nc2ncc(-c3ccn[nH]3)cc2[nH]1. The molecule has 7 nitrogen and oxygen atoms in total. The van der Waals surface area contributed by atoms with E-state index in [1.54, 1.807) is 12.4 Å². The number of fused-ring (bicyclic) bond motifs is 1. The topological polar surface area (TPSA) is 99.3 Å². The first-order valence-electron chi connectivity index (χ1n) is 5.35. The molecular formula is C11H10N6O. The summed E-state index contributed by atoms with van der Waals surface area (Å²) in [5.41, 5.74) is 3.09. The second kappa shape index (κ2) is 3.95. The van der Waals surface area contributed by atoms with Crippen LogP contribution in [0.3, 0.4) is 0 Å². The minimum Gasteiger partial charge on any atom is -0.322 e. The molecule has 7 heteroatoms. The summed E-state index contributed by atoms with van der Waals surface area (Å²) in [5.74, 6) is 0.217. The molecule has 0 atom stereocenters. The van der Waals surface area contributed by atoms with Crippen LogP contribution in [0.1, 0.15) is 6.92 Å². The molecule has 1 amide bonds. The molecular weight excluding hydrogens is 232 g/mol. The smallest absolute Gasteiger partial charge is 0.223 e. The molecule has 90 valence electrons. The first-order chi connectivity index (χ1) is 8.72. The number of pyridine rings is 1. The Bertz CT molecular complexity index is 699. The van der Waals surface area contributed by atoms with Gasteiger partial charge in [0, 0.05) is 24.9 Å². The van der Waals surface area contributed by atoms with E-state index in [0.29, 0.717) is 11.6 Å². The van der Waals surface area contributed by atoms with E-state index in [1.165, 1.54) is 6.92 Å². The molecule has 0 fully saturated rings. The summed E-state index contributed by atoms with van der Waals surface area (Å²) in [6.45, 7) is 1.43. The minimum atomic E-state index is -0.178. The number of carbonyl (C=O) groups excluding carboxylic acids is 1. The summed E-state index contributed by atoms with van der Waals surface area (Å²) in [5, 5.41) is 9.33. The number of nitrogens with zero attached hydrogens (tertiary/aromatic N) is 3.